The van der Waals surface area contributed by atoms with Crippen molar-refractivity contribution in [1.29, 1.82) is 0 Å². The second-order valence-corrected chi connectivity index (χ2v) is 7.70. The maximum Gasteiger partial charge on any atom is 0.209 e. The lowest BCUT2D eigenvalue weighted by Crippen LogP contribution is -2.53. The molecule has 5 heteroatoms. The molecular weight excluding hydrogens is 272 g/mol. The Labute approximate surface area is 122 Å². The number of sulfonamides is 1. The summed E-state index contributed by atoms with van der Waals surface area (Å²) in [6.07, 6.45) is 2.86. The van der Waals surface area contributed by atoms with Gasteiger partial charge in [-0.05, 0) is 32.3 Å². The Balaban J connectivity index is 2.28. The van der Waals surface area contributed by atoms with Crippen LogP contribution < -0.4 is 4.72 Å². The van der Waals surface area contributed by atoms with Crippen molar-refractivity contribution in [2.24, 2.45) is 0 Å². The number of nitrogens with zero attached hydrogens (tertiary/aromatic N) is 1. The molecule has 0 saturated carbocycles. The van der Waals surface area contributed by atoms with E-state index in [0.717, 1.165) is 31.5 Å². The number of likely N-dealkylation sites (tertiary alicyclic amines) is 1. The highest BCUT2D eigenvalue weighted by Gasteiger charge is 2.38. The molecule has 1 heterocycles. The molecule has 4 nitrogen and oxygen atoms in total. The standard InChI is InChI=1S/C15H24N2O2S/c1-13(2)17-11-9-15(10-12-17,16-20(3,18)19)14-7-5-4-6-8-14/h4-8,13,16H,9-12H2,1-3H3. The average Bonchev–Trinajstić information content (AvgIpc) is 2.38. The highest BCUT2D eigenvalue weighted by Crippen LogP contribution is 2.34. The molecule has 1 aromatic carbocycles. The van der Waals surface area contributed by atoms with E-state index in [4.69, 9.17) is 0 Å². The first-order chi connectivity index (χ1) is 9.32. The number of nitrogens with one attached hydrogen (secondary N) is 1. The third-order valence-electron chi connectivity index (χ3n) is 4.09. The Morgan fingerprint density at radius 1 is 1.15 bits per heavy atom. The zero-order valence-corrected chi connectivity index (χ0v) is 13.3. The second kappa shape index (κ2) is 5.84. The number of piperidine rings is 1. The van der Waals surface area contributed by atoms with Crippen LogP contribution in [0.5, 0.6) is 0 Å². The summed E-state index contributed by atoms with van der Waals surface area (Å²) in [5.74, 6) is 0. The van der Waals surface area contributed by atoms with Crippen LogP contribution in [-0.4, -0.2) is 38.7 Å². The zero-order valence-electron chi connectivity index (χ0n) is 12.5. The van der Waals surface area contributed by atoms with Crippen LogP contribution in [-0.2, 0) is 15.6 Å². The molecule has 1 saturated heterocycles. The molecule has 1 N–H and O–H groups in total. The number of benzene rings is 1. The van der Waals surface area contributed by atoms with E-state index < -0.39 is 15.6 Å². The molecule has 0 aromatic heterocycles. The first kappa shape index (κ1) is 15.5. The van der Waals surface area contributed by atoms with Gasteiger partial charge in [0.15, 0.2) is 0 Å². The largest absolute Gasteiger partial charge is 0.301 e. The van der Waals surface area contributed by atoms with Gasteiger partial charge in [0.1, 0.15) is 0 Å². The molecule has 1 aliphatic heterocycles. The lowest BCUT2D eigenvalue weighted by Gasteiger charge is -2.43. The van der Waals surface area contributed by atoms with Gasteiger partial charge < -0.3 is 4.90 Å². The summed E-state index contributed by atoms with van der Waals surface area (Å²) in [4.78, 5) is 2.39. The first-order valence-electron chi connectivity index (χ1n) is 7.11. The van der Waals surface area contributed by atoms with Gasteiger partial charge in [0.2, 0.25) is 10.0 Å². The fourth-order valence-corrected chi connectivity index (χ4v) is 4.02. The maximum atomic E-state index is 11.8. The second-order valence-electron chi connectivity index (χ2n) is 5.95. The van der Waals surface area contributed by atoms with E-state index in [-0.39, 0.29) is 0 Å². The fraction of sp³-hybridized carbons (Fsp3) is 0.600. The summed E-state index contributed by atoms with van der Waals surface area (Å²) >= 11 is 0. The van der Waals surface area contributed by atoms with E-state index in [0.29, 0.717) is 6.04 Å². The van der Waals surface area contributed by atoms with Crippen LogP contribution in [0.25, 0.3) is 0 Å². The SMILES string of the molecule is CC(C)N1CCC(NS(C)(=O)=O)(c2ccccc2)CC1. The molecule has 112 valence electrons. The van der Waals surface area contributed by atoms with E-state index >= 15 is 0 Å². The highest BCUT2D eigenvalue weighted by molar-refractivity contribution is 7.88. The van der Waals surface area contributed by atoms with Gasteiger partial charge in [0.25, 0.3) is 0 Å². The molecule has 1 fully saturated rings. The molecule has 0 aliphatic carbocycles. The Bertz CT molecular complexity index is 532. The topological polar surface area (TPSA) is 49.4 Å². The van der Waals surface area contributed by atoms with Crippen molar-refractivity contribution in [2.45, 2.75) is 38.3 Å². The average molecular weight is 296 g/mol. The van der Waals surface area contributed by atoms with Crippen LogP contribution >= 0.6 is 0 Å². The van der Waals surface area contributed by atoms with Gasteiger partial charge in [-0.1, -0.05) is 30.3 Å². The molecule has 1 aliphatic rings. The molecule has 0 spiro atoms. The van der Waals surface area contributed by atoms with Crippen LogP contribution in [0.4, 0.5) is 0 Å². The van der Waals surface area contributed by atoms with Gasteiger partial charge in [0.05, 0.1) is 11.8 Å². The van der Waals surface area contributed by atoms with Crippen molar-refractivity contribution in [1.82, 2.24) is 9.62 Å². The summed E-state index contributed by atoms with van der Waals surface area (Å²) in [6, 6.07) is 10.4. The summed E-state index contributed by atoms with van der Waals surface area (Å²) in [6.45, 7) is 6.18. The summed E-state index contributed by atoms with van der Waals surface area (Å²) in [5, 5.41) is 0. The number of rotatable bonds is 4. The molecule has 0 radical (unpaired) electrons. The van der Waals surface area contributed by atoms with Crippen molar-refractivity contribution in [3.63, 3.8) is 0 Å². The van der Waals surface area contributed by atoms with Crippen molar-refractivity contribution < 1.29 is 8.42 Å². The fourth-order valence-electron chi connectivity index (χ4n) is 2.98. The van der Waals surface area contributed by atoms with Crippen LogP contribution in [0.2, 0.25) is 0 Å². The van der Waals surface area contributed by atoms with E-state index in [9.17, 15) is 8.42 Å². The van der Waals surface area contributed by atoms with Gasteiger partial charge in [-0.25, -0.2) is 13.1 Å². The van der Waals surface area contributed by atoms with Crippen molar-refractivity contribution in [2.75, 3.05) is 19.3 Å². The summed E-state index contributed by atoms with van der Waals surface area (Å²) < 4.78 is 26.4. The molecular formula is C15H24N2O2S. The zero-order chi connectivity index (χ0) is 14.8. The minimum Gasteiger partial charge on any atom is -0.301 e. The third-order valence-corrected chi connectivity index (χ3v) is 4.85. The molecule has 0 atom stereocenters. The number of hydrogen-bond acceptors (Lipinski definition) is 3. The van der Waals surface area contributed by atoms with E-state index in [1.807, 2.05) is 30.3 Å². The van der Waals surface area contributed by atoms with Crippen molar-refractivity contribution >= 4 is 10.0 Å². The molecule has 0 amide bonds. The van der Waals surface area contributed by atoms with Gasteiger partial charge in [-0.3, -0.25) is 0 Å². The van der Waals surface area contributed by atoms with E-state index in [1.165, 1.54) is 6.26 Å². The normalized spacial score (nSPS) is 20.2. The Morgan fingerprint density at radius 2 is 1.70 bits per heavy atom. The smallest absolute Gasteiger partial charge is 0.209 e. The van der Waals surface area contributed by atoms with Crippen molar-refractivity contribution in [3.05, 3.63) is 35.9 Å². The summed E-state index contributed by atoms with van der Waals surface area (Å²) in [5.41, 5.74) is 0.606. The molecule has 2 rings (SSSR count). The lowest BCUT2D eigenvalue weighted by molar-refractivity contribution is 0.123. The predicted octanol–water partition coefficient (Wildman–Crippen LogP) is 1.94. The van der Waals surface area contributed by atoms with Crippen LogP contribution in [0.1, 0.15) is 32.3 Å². The Kier molecular flexibility index (Phi) is 4.52. The number of hydrogen-bond donors (Lipinski definition) is 1. The third kappa shape index (κ3) is 3.59. The van der Waals surface area contributed by atoms with E-state index in [1.54, 1.807) is 0 Å². The quantitative estimate of drug-likeness (QED) is 0.923. The Hall–Kier alpha value is -0.910. The monoisotopic (exact) mass is 296 g/mol. The first-order valence-corrected chi connectivity index (χ1v) is 9.00. The van der Waals surface area contributed by atoms with Crippen molar-refractivity contribution in [3.8, 4) is 0 Å². The van der Waals surface area contributed by atoms with Crippen LogP contribution in [0, 0.1) is 0 Å². The van der Waals surface area contributed by atoms with Crippen LogP contribution in [0.3, 0.4) is 0 Å². The van der Waals surface area contributed by atoms with E-state index in [2.05, 4.69) is 23.5 Å². The van der Waals surface area contributed by atoms with Gasteiger partial charge >= 0.3 is 0 Å². The predicted molar refractivity (Wildman–Crippen MR) is 82.0 cm³/mol. The van der Waals surface area contributed by atoms with Gasteiger partial charge in [-0.15, -0.1) is 0 Å². The van der Waals surface area contributed by atoms with Gasteiger partial charge in [-0.2, -0.15) is 0 Å². The van der Waals surface area contributed by atoms with Gasteiger partial charge in [0, 0.05) is 19.1 Å². The minimum absolute atomic E-state index is 0.458. The Morgan fingerprint density at radius 3 is 2.15 bits per heavy atom. The van der Waals surface area contributed by atoms with Crippen LogP contribution in [0.15, 0.2) is 30.3 Å². The molecule has 0 unspecified atom stereocenters. The minimum atomic E-state index is -3.24. The lowest BCUT2D eigenvalue weighted by atomic mass is 9.81. The maximum absolute atomic E-state index is 11.8. The highest BCUT2D eigenvalue weighted by atomic mass is 32.2. The molecule has 0 bridgehead atoms. The molecule has 20 heavy (non-hydrogen) atoms. The summed E-state index contributed by atoms with van der Waals surface area (Å²) in [7, 11) is -3.24. The molecule has 1 aromatic rings.